The maximum absolute atomic E-state index is 13.2. The molecule has 1 aromatic rings. The third-order valence-corrected chi connectivity index (χ3v) is 2.98. The van der Waals surface area contributed by atoms with Crippen molar-refractivity contribution in [3.05, 3.63) is 35.1 Å². The summed E-state index contributed by atoms with van der Waals surface area (Å²) >= 11 is 0. The van der Waals surface area contributed by atoms with Crippen LogP contribution in [0.15, 0.2) is 18.2 Å². The highest BCUT2D eigenvalue weighted by molar-refractivity contribution is 5.41. The zero-order chi connectivity index (χ0) is 13.5. The van der Waals surface area contributed by atoms with Crippen LogP contribution in [0.1, 0.15) is 24.0 Å². The molecule has 1 heterocycles. The van der Waals surface area contributed by atoms with Gasteiger partial charge in [-0.3, -0.25) is 0 Å². The molecule has 0 bridgehead atoms. The van der Waals surface area contributed by atoms with E-state index < -0.39 is 0 Å². The molecule has 3 nitrogen and oxygen atoms in total. The highest BCUT2D eigenvalue weighted by Crippen LogP contribution is 2.15. The van der Waals surface area contributed by atoms with E-state index in [0.717, 1.165) is 25.0 Å². The number of benzene rings is 1. The van der Waals surface area contributed by atoms with Crippen molar-refractivity contribution in [3.63, 3.8) is 0 Å². The molecule has 1 fully saturated rings. The zero-order valence-electron chi connectivity index (χ0n) is 10.8. The third kappa shape index (κ3) is 4.32. The number of rotatable bonds is 4. The first kappa shape index (κ1) is 14.0. The highest BCUT2D eigenvalue weighted by Gasteiger charge is 2.15. The van der Waals surface area contributed by atoms with Gasteiger partial charge in [-0.05, 0) is 30.5 Å². The first-order valence-electron chi connectivity index (χ1n) is 6.46. The molecule has 1 aliphatic heterocycles. The predicted molar refractivity (Wildman–Crippen MR) is 71.0 cm³/mol. The minimum atomic E-state index is -0.302. The average molecular weight is 263 g/mol. The summed E-state index contributed by atoms with van der Waals surface area (Å²) in [6, 6.07) is 4.52. The summed E-state index contributed by atoms with van der Waals surface area (Å²) in [7, 11) is 0. The van der Waals surface area contributed by atoms with Crippen molar-refractivity contribution in [1.82, 2.24) is 0 Å². The van der Waals surface area contributed by atoms with Crippen LogP contribution in [0.5, 0.6) is 0 Å². The molecule has 19 heavy (non-hydrogen) atoms. The van der Waals surface area contributed by atoms with Crippen molar-refractivity contribution < 1.29 is 13.9 Å². The van der Waals surface area contributed by atoms with E-state index in [-0.39, 0.29) is 18.5 Å². The normalized spacial score (nSPS) is 18.1. The van der Waals surface area contributed by atoms with E-state index in [1.54, 1.807) is 6.07 Å². The third-order valence-electron chi connectivity index (χ3n) is 2.98. The molecular formula is C15H18FNO2. The molecule has 0 aromatic heterocycles. The summed E-state index contributed by atoms with van der Waals surface area (Å²) in [6.07, 6.45) is 2.33. The van der Waals surface area contributed by atoms with Gasteiger partial charge >= 0.3 is 0 Å². The van der Waals surface area contributed by atoms with Crippen LogP contribution in [-0.4, -0.2) is 25.9 Å². The maximum Gasteiger partial charge on any atom is 0.124 e. The smallest absolute Gasteiger partial charge is 0.124 e. The van der Waals surface area contributed by atoms with Crippen LogP contribution in [0.2, 0.25) is 0 Å². The molecule has 0 spiro atoms. The number of halogens is 1. The maximum atomic E-state index is 13.2. The van der Waals surface area contributed by atoms with Gasteiger partial charge in [0.25, 0.3) is 0 Å². The molecule has 0 radical (unpaired) electrons. The van der Waals surface area contributed by atoms with Crippen molar-refractivity contribution in [1.29, 1.82) is 0 Å². The molecule has 4 heteroatoms. The van der Waals surface area contributed by atoms with Crippen molar-refractivity contribution in [2.75, 3.05) is 19.8 Å². The molecule has 1 saturated heterocycles. The second kappa shape index (κ2) is 7.25. The lowest BCUT2D eigenvalue weighted by molar-refractivity contribution is 0.0105. The van der Waals surface area contributed by atoms with Gasteiger partial charge in [-0.1, -0.05) is 17.9 Å². The average Bonchev–Trinajstić information content (AvgIpc) is 2.91. The fourth-order valence-electron chi connectivity index (χ4n) is 2.01. The quantitative estimate of drug-likeness (QED) is 0.843. The first-order valence-corrected chi connectivity index (χ1v) is 6.46. The fraction of sp³-hybridized carbons (Fsp3) is 0.467. The van der Waals surface area contributed by atoms with Gasteiger partial charge in [0, 0.05) is 12.2 Å². The van der Waals surface area contributed by atoms with Gasteiger partial charge in [-0.15, -0.1) is 0 Å². The fourth-order valence-corrected chi connectivity index (χ4v) is 2.01. The SMILES string of the molecule is NCC#Cc1cc(F)ccc1COCC1CCCO1. The number of hydrogen-bond donors (Lipinski definition) is 1. The van der Waals surface area contributed by atoms with E-state index in [1.807, 2.05) is 0 Å². The summed E-state index contributed by atoms with van der Waals surface area (Å²) in [5.41, 5.74) is 6.84. The Morgan fingerprint density at radius 3 is 3.11 bits per heavy atom. The topological polar surface area (TPSA) is 44.5 Å². The Labute approximate surface area is 112 Å². The largest absolute Gasteiger partial charge is 0.376 e. The Balaban J connectivity index is 1.94. The van der Waals surface area contributed by atoms with Crippen molar-refractivity contribution >= 4 is 0 Å². The molecule has 0 saturated carbocycles. The number of hydrogen-bond acceptors (Lipinski definition) is 3. The van der Waals surface area contributed by atoms with Gasteiger partial charge in [0.1, 0.15) is 5.82 Å². The Bertz CT molecular complexity index is 473. The van der Waals surface area contributed by atoms with Crippen molar-refractivity contribution in [2.45, 2.75) is 25.6 Å². The Kier molecular flexibility index (Phi) is 5.34. The lowest BCUT2D eigenvalue weighted by Gasteiger charge is -2.11. The molecule has 2 rings (SSSR count). The summed E-state index contributed by atoms with van der Waals surface area (Å²) in [5, 5.41) is 0. The molecule has 1 unspecified atom stereocenters. The van der Waals surface area contributed by atoms with E-state index in [4.69, 9.17) is 15.2 Å². The van der Waals surface area contributed by atoms with Crippen LogP contribution in [0.25, 0.3) is 0 Å². The Morgan fingerprint density at radius 2 is 2.37 bits per heavy atom. The molecule has 0 aliphatic carbocycles. The van der Waals surface area contributed by atoms with E-state index >= 15 is 0 Å². The van der Waals surface area contributed by atoms with Crippen LogP contribution < -0.4 is 5.73 Å². The van der Waals surface area contributed by atoms with Crippen LogP contribution in [0.4, 0.5) is 4.39 Å². The van der Waals surface area contributed by atoms with Crippen molar-refractivity contribution in [2.24, 2.45) is 5.73 Å². The van der Waals surface area contributed by atoms with E-state index in [1.165, 1.54) is 12.1 Å². The van der Waals surface area contributed by atoms with Gasteiger partial charge in [0.2, 0.25) is 0 Å². The van der Waals surface area contributed by atoms with Gasteiger partial charge < -0.3 is 15.2 Å². The van der Waals surface area contributed by atoms with E-state index in [0.29, 0.717) is 18.8 Å². The Hall–Kier alpha value is -1.41. The monoisotopic (exact) mass is 263 g/mol. The van der Waals surface area contributed by atoms with Gasteiger partial charge in [-0.25, -0.2) is 4.39 Å². The van der Waals surface area contributed by atoms with E-state index in [9.17, 15) is 4.39 Å². The van der Waals surface area contributed by atoms with Gasteiger partial charge in [0.15, 0.2) is 0 Å². The summed E-state index contributed by atoms with van der Waals surface area (Å²) in [5.74, 6) is 5.30. The summed E-state index contributed by atoms with van der Waals surface area (Å²) in [4.78, 5) is 0. The highest BCUT2D eigenvalue weighted by atomic mass is 19.1. The zero-order valence-corrected chi connectivity index (χ0v) is 10.8. The molecule has 1 aliphatic rings. The molecule has 1 aromatic carbocycles. The number of ether oxygens (including phenoxy) is 2. The first-order chi connectivity index (χ1) is 9.29. The summed E-state index contributed by atoms with van der Waals surface area (Å²) < 4.78 is 24.3. The summed E-state index contributed by atoms with van der Waals surface area (Å²) in [6.45, 7) is 2.06. The minimum absolute atomic E-state index is 0.194. The molecule has 102 valence electrons. The van der Waals surface area contributed by atoms with Crippen LogP contribution >= 0.6 is 0 Å². The minimum Gasteiger partial charge on any atom is -0.376 e. The standard InChI is InChI=1S/C15H18FNO2/c16-14-6-5-13(12(9-14)3-1-7-17)10-18-11-15-4-2-8-19-15/h5-6,9,15H,2,4,7-8,10-11,17H2. The molecular weight excluding hydrogens is 245 g/mol. The van der Waals surface area contributed by atoms with Crippen LogP contribution in [-0.2, 0) is 16.1 Å². The second-order valence-corrected chi connectivity index (χ2v) is 4.46. The molecule has 0 amide bonds. The van der Waals surface area contributed by atoms with Gasteiger partial charge in [0.05, 0.1) is 25.9 Å². The number of nitrogens with two attached hydrogens (primary N) is 1. The predicted octanol–water partition coefficient (Wildman–Crippen LogP) is 1.83. The molecule has 2 N–H and O–H groups in total. The lowest BCUT2D eigenvalue weighted by atomic mass is 10.1. The van der Waals surface area contributed by atoms with Crippen molar-refractivity contribution in [3.8, 4) is 11.8 Å². The molecule has 1 atom stereocenters. The van der Waals surface area contributed by atoms with Gasteiger partial charge in [-0.2, -0.15) is 0 Å². The van der Waals surface area contributed by atoms with Crippen LogP contribution in [0.3, 0.4) is 0 Å². The lowest BCUT2D eigenvalue weighted by Crippen LogP contribution is -2.14. The van der Waals surface area contributed by atoms with E-state index in [2.05, 4.69) is 11.8 Å². The van der Waals surface area contributed by atoms with Crippen LogP contribution in [0, 0.1) is 17.7 Å². The second-order valence-electron chi connectivity index (χ2n) is 4.46. The Morgan fingerprint density at radius 1 is 1.47 bits per heavy atom.